The van der Waals surface area contributed by atoms with Gasteiger partial charge in [0.15, 0.2) is 0 Å². The molecule has 0 heterocycles. The van der Waals surface area contributed by atoms with Gasteiger partial charge in [0.05, 0.1) is 0 Å². The zero-order valence-electron chi connectivity index (χ0n) is 10.4. The van der Waals surface area contributed by atoms with Gasteiger partial charge in [0.2, 0.25) is 0 Å². The van der Waals surface area contributed by atoms with Crippen LogP contribution in [0.2, 0.25) is 0 Å². The molecule has 0 amide bonds. The fourth-order valence-electron chi connectivity index (χ4n) is 1.34. The Morgan fingerprint density at radius 3 is 2.35 bits per heavy atom. The van der Waals surface area contributed by atoms with Gasteiger partial charge >= 0.3 is 5.97 Å². The minimum Gasteiger partial charge on any atom is -0.478 e. The molecular formula is C14H18O2S. The molecule has 0 bridgehead atoms. The lowest BCUT2D eigenvalue weighted by atomic mass is 9.87. The van der Waals surface area contributed by atoms with Crippen LogP contribution in [0.1, 0.15) is 26.3 Å². The smallest absolute Gasteiger partial charge is 0.328 e. The van der Waals surface area contributed by atoms with Crippen LogP contribution in [0.5, 0.6) is 0 Å². The van der Waals surface area contributed by atoms with Crippen LogP contribution in [0.3, 0.4) is 0 Å². The first-order valence-corrected chi connectivity index (χ1v) is 6.51. The van der Waals surface area contributed by atoms with Gasteiger partial charge in [-0.15, -0.1) is 11.8 Å². The maximum Gasteiger partial charge on any atom is 0.328 e. The van der Waals surface area contributed by atoms with Gasteiger partial charge in [-0.3, -0.25) is 0 Å². The van der Waals surface area contributed by atoms with E-state index in [0.29, 0.717) is 5.75 Å². The summed E-state index contributed by atoms with van der Waals surface area (Å²) in [5, 5.41) is 8.44. The quantitative estimate of drug-likeness (QED) is 0.653. The van der Waals surface area contributed by atoms with Gasteiger partial charge in [-0.1, -0.05) is 39.0 Å². The molecule has 0 fully saturated rings. The number of carboxylic acid groups (broad SMARTS) is 1. The lowest BCUT2D eigenvalue weighted by molar-refractivity contribution is -0.131. The minimum absolute atomic E-state index is 0.173. The van der Waals surface area contributed by atoms with Crippen molar-refractivity contribution in [2.45, 2.75) is 31.1 Å². The third-order valence-corrected chi connectivity index (χ3v) is 3.29. The highest BCUT2D eigenvalue weighted by atomic mass is 32.2. The fourth-order valence-corrected chi connectivity index (χ4v) is 2.06. The SMILES string of the molecule is CC(C)(C)c1ccc(SC/C=C/C(=O)O)cc1. The average Bonchev–Trinajstić information content (AvgIpc) is 2.23. The third-order valence-electron chi connectivity index (χ3n) is 2.33. The topological polar surface area (TPSA) is 37.3 Å². The standard InChI is InChI=1S/C14H18O2S/c1-14(2,3)11-6-8-12(9-7-11)17-10-4-5-13(15)16/h4-9H,10H2,1-3H3,(H,15,16)/b5-4+. The Balaban J connectivity index is 2.55. The van der Waals surface area contributed by atoms with Crippen molar-refractivity contribution in [3.8, 4) is 0 Å². The number of hydrogen-bond acceptors (Lipinski definition) is 2. The van der Waals surface area contributed by atoms with Gasteiger partial charge in [0.1, 0.15) is 0 Å². The van der Waals surface area contributed by atoms with Gasteiger partial charge in [-0.25, -0.2) is 4.79 Å². The normalized spacial score (nSPS) is 11.9. The molecule has 0 aliphatic rings. The molecule has 17 heavy (non-hydrogen) atoms. The highest BCUT2D eigenvalue weighted by molar-refractivity contribution is 7.99. The van der Waals surface area contributed by atoms with Gasteiger partial charge in [-0.2, -0.15) is 0 Å². The average molecular weight is 250 g/mol. The number of hydrogen-bond donors (Lipinski definition) is 1. The summed E-state index contributed by atoms with van der Waals surface area (Å²) in [4.78, 5) is 11.4. The lowest BCUT2D eigenvalue weighted by Crippen LogP contribution is -2.10. The summed E-state index contributed by atoms with van der Waals surface area (Å²) >= 11 is 1.63. The van der Waals surface area contributed by atoms with Crippen molar-refractivity contribution in [3.05, 3.63) is 42.0 Å². The number of benzene rings is 1. The van der Waals surface area contributed by atoms with Crippen molar-refractivity contribution in [3.63, 3.8) is 0 Å². The molecular weight excluding hydrogens is 232 g/mol. The van der Waals surface area contributed by atoms with Gasteiger partial charge < -0.3 is 5.11 Å². The van der Waals surface area contributed by atoms with Crippen molar-refractivity contribution in [1.82, 2.24) is 0 Å². The van der Waals surface area contributed by atoms with Crippen LogP contribution in [0.15, 0.2) is 41.3 Å². The Kier molecular flexibility index (Phi) is 4.82. The Morgan fingerprint density at radius 1 is 1.29 bits per heavy atom. The molecule has 0 aliphatic carbocycles. The summed E-state index contributed by atoms with van der Waals surface area (Å²) in [6, 6.07) is 8.42. The van der Waals surface area contributed by atoms with E-state index >= 15 is 0 Å². The second-order valence-corrected chi connectivity index (χ2v) is 5.92. The zero-order chi connectivity index (χ0) is 12.9. The summed E-state index contributed by atoms with van der Waals surface area (Å²) in [6.07, 6.45) is 2.83. The first kappa shape index (κ1) is 13.8. The first-order valence-electron chi connectivity index (χ1n) is 5.52. The van der Waals surface area contributed by atoms with E-state index in [0.717, 1.165) is 4.90 Å². The summed E-state index contributed by atoms with van der Waals surface area (Å²) < 4.78 is 0. The van der Waals surface area contributed by atoms with Gasteiger partial charge in [0, 0.05) is 16.7 Å². The van der Waals surface area contributed by atoms with E-state index in [4.69, 9.17) is 5.11 Å². The zero-order valence-corrected chi connectivity index (χ0v) is 11.3. The molecule has 0 spiro atoms. The van der Waals surface area contributed by atoms with E-state index in [9.17, 15) is 4.79 Å². The molecule has 0 saturated carbocycles. The van der Waals surface area contributed by atoms with Crippen LogP contribution in [-0.4, -0.2) is 16.8 Å². The predicted molar refractivity (Wildman–Crippen MR) is 72.6 cm³/mol. The first-order chi connectivity index (χ1) is 7.89. The molecule has 1 rings (SSSR count). The monoisotopic (exact) mass is 250 g/mol. The molecule has 3 heteroatoms. The van der Waals surface area contributed by atoms with Crippen LogP contribution in [-0.2, 0) is 10.2 Å². The van der Waals surface area contributed by atoms with Crippen molar-refractivity contribution in [2.24, 2.45) is 0 Å². The molecule has 2 nitrogen and oxygen atoms in total. The largest absolute Gasteiger partial charge is 0.478 e. The number of thioether (sulfide) groups is 1. The van der Waals surface area contributed by atoms with Crippen molar-refractivity contribution >= 4 is 17.7 Å². The third kappa shape index (κ3) is 5.09. The van der Waals surface area contributed by atoms with Crippen molar-refractivity contribution < 1.29 is 9.90 Å². The van der Waals surface area contributed by atoms with Crippen LogP contribution in [0.25, 0.3) is 0 Å². The van der Waals surface area contributed by atoms with Gasteiger partial charge in [0.25, 0.3) is 0 Å². The van der Waals surface area contributed by atoms with E-state index in [1.165, 1.54) is 11.6 Å². The maximum atomic E-state index is 10.3. The Bertz CT molecular complexity index is 399. The second-order valence-electron chi connectivity index (χ2n) is 4.83. The van der Waals surface area contributed by atoms with Crippen LogP contribution >= 0.6 is 11.8 Å². The van der Waals surface area contributed by atoms with Crippen molar-refractivity contribution in [2.75, 3.05) is 5.75 Å². The van der Waals surface area contributed by atoms with E-state index < -0.39 is 5.97 Å². The lowest BCUT2D eigenvalue weighted by Gasteiger charge is -2.18. The number of rotatable bonds is 4. The minimum atomic E-state index is -0.895. The number of carbonyl (C=O) groups is 1. The highest BCUT2D eigenvalue weighted by Crippen LogP contribution is 2.25. The van der Waals surface area contributed by atoms with E-state index in [1.54, 1.807) is 17.8 Å². The number of aliphatic carboxylic acids is 1. The Labute approximate surface area is 107 Å². The summed E-state index contributed by atoms with van der Waals surface area (Å²) in [7, 11) is 0. The number of carboxylic acids is 1. The van der Waals surface area contributed by atoms with Gasteiger partial charge in [-0.05, 0) is 23.1 Å². The molecule has 0 saturated heterocycles. The van der Waals surface area contributed by atoms with E-state index in [1.807, 2.05) is 0 Å². The maximum absolute atomic E-state index is 10.3. The molecule has 1 N–H and O–H groups in total. The molecule has 0 aliphatic heterocycles. The predicted octanol–water partition coefficient (Wildman–Crippen LogP) is 3.72. The molecule has 1 aromatic carbocycles. The van der Waals surface area contributed by atoms with Crippen molar-refractivity contribution in [1.29, 1.82) is 0 Å². The fraction of sp³-hybridized carbons (Fsp3) is 0.357. The van der Waals surface area contributed by atoms with Crippen LogP contribution < -0.4 is 0 Å². The summed E-state index contributed by atoms with van der Waals surface area (Å²) in [6.45, 7) is 6.56. The molecule has 1 aromatic rings. The molecule has 92 valence electrons. The van der Waals surface area contributed by atoms with E-state index in [-0.39, 0.29) is 5.41 Å². The van der Waals surface area contributed by atoms with Crippen LogP contribution in [0, 0.1) is 0 Å². The molecule has 0 aromatic heterocycles. The molecule has 0 unspecified atom stereocenters. The van der Waals surface area contributed by atoms with E-state index in [2.05, 4.69) is 45.0 Å². The second kappa shape index (κ2) is 5.92. The van der Waals surface area contributed by atoms with Crippen LogP contribution in [0.4, 0.5) is 0 Å². The molecule has 0 atom stereocenters. The Hall–Kier alpha value is -1.22. The summed E-state index contributed by atoms with van der Waals surface area (Å²) in [5.74, 6) is -0.213. The Morgan fingerprint density at radius 2 is 1.88 bits per heavy atom. The highest BCUT2D eigenvalue weighted by Gasteiger charge is 2.12. The summed E-state index contributed by atoms with van der Waals surface area (Å²) in [5.41, 5.74) is 1.48. The molecule has 0 radical (unpaired) electrons.